The monoisotopic (exact) mass is 437 g/mol. The molecule has 2 aliphatic rings. The largest absolute Gasteiger partial charge is 0.458 e. The molecule has 4 heteroatoms. The first-order valence-electron chi connectivity index (χ1n) is 11.5. The Morgan fingerprint density at radius 3 is 2.26 bits per heavy atom. The van der Waals surface area contributed by atoms with Crippen LogP contribution in [0.25, 0.3) is 22.3 Å². The number of ether oxygens (including phenoxy) is 2. The van der Waals surface area contributed by atoms with Crippen LogP contribution in [-0.2, 0) is 0 Å². The summed E-state index contributed by atoms with van der Waals surface area (Å²) in [5.41, 5.74) is 8.96. The van der Waals surface area contributed by atoms with Crippen molar-refractivity contribution in [2.75, 3.05) is 0 Å². The minimum Gasteiger partial charge on any atom is -0.458 e. The molecule has 3 heterocycles. The molecule has 1 aromatic heterocycles. The van der Waals surface area contributed by atoms with Gasteiger partial charge >= 0.3 is 0 Å². The van der Waals surface area contributed by atoms with E-state index in [0.29, 0.717) is 0 Å². The van der Waals surface area contributed by atoms with E-state index in [4.69, 9.17) is 9.47 Å². The zero-order valence-corrected chi connectivity index (χ0v) is 18.7. The lowest BCUT2D eigenvalue weighted by Crippen LogP contribution is -2.57. The Balaban J connectivity index is 1.51. The van der Waals surface area contributed by atoms with E-state index < -0.39 is 0 Å². The highest BCUT2D eigenvalue weighted by Gasteiger charge is 2.41. The highest BCUT2D eigenvalue weighted by molar-refractivity contribution is 6.98. The van der Waals surface area contributed by atoms with Crippen molar-refractivity contribution in [3.63, 3.8) is 0 Å². The molecule has 0 atom stereocenters. The van der Waals surface area contributed by atoms with E-state index in [-0.39, 0.29) is 6.71 Å². The Morgan fingerprint density at radius 2 is 1.41 bits per heavy atom. The molecule has 7 rings (SSSR count). The number of benzene rings is 4. The van der Waals surface area contributed by atoms with Crippen molar-refractivity contribution in [1.82, 2.24) is 4.98 Å². The van der Waals surface area contributed by atoms with E-state index in [0.717, 1.165) is 56.3 Å². The molecular weight excluding hydrogens is 417 g/mol. The van der Waals surface area contributed by atoms with Gasteiger partial charge in [-0.1, -0.05) is 66.7 Å². The van der Waals surface area contributed by atoms with Gasteiger partial charge in [0.2, 0.25) is 0 Å². The van der Waals surface area contributed by atoms with Crippen LogP contribution in [0.3, 0.4) is 0 Å². The summed E-state index contributed by atoms with van der Waals surface area (Å²) in [6.45, 7) is 2.13. The van der Waals surface area contributed by atoms with Gasteiger partial charge in [-0.05, 0) is 64.4 Å². The summed E-state index contributed by atoms with van der Waals surface area (Å²) in [6, 6.07) is 31.6. The maximum atomic E-state index is 6.73. The van der Waals surface area contributed by atoms with Crippen LogP contribution in [0.5, 0.6) is 23.0 Å². The number of rotatable bonds is 2. The van der Waals surface area contributed by atoms with Gasteiger partial charge < -0.3 is 9.47 Å². The molecule has 0 spiro atoms. The predicted molar refractivity (Wildman–Crippen MR) is 138 cm³/mol. The number of pyridine rings is 1. The summed E-state index contributed by atoms with van der Waals surface area (Å²) < 4.78 is 13.2. The summed E-state index contributed by atoms with van der Waals surface area (Å²) in [7, 11) is 0. The van der Waals surface area contributed by atoms with Crippen LogP contribution >= 0.6 is 0 Å². The van der Waals surface area contributed by atoms with Crippen molar-refractivity contribution >= 4 is 23.1 Å². The molecular formula is C30H20BNO2. The maximum Gasteiger partial charge on any atom is 0.260 e. The van der Waals surface area contributed by atoms with E-state index in [1.807, 2.05) is 30.6 Å². The maximum absolute atomic E-state index is 6.73. The smallest absolute Gasteiger partial charge is 0.260 e. The topological polar surface area (TPSA) is 31.4 Å². The van der Waals surface area contributed by atoms with E-state index >= 15 is 0 Å². The molecule has 3 nitrogen and oxygen atoms in total. The molecule has 4 aromatic carbocycles. The predicted octanol–water partition coefficient (Wildman–Crippen LogP) is 5.45. The molecule has 2 aliphatic heterocycles. The van der Waals surface area contributed by atoms with Crippen molar-refractivity contribution < 1.29 is 9.47 Å². The third-order valence-electron chi connectivity index (χ3n) is 6.83. The fourth-order valence-corrected chi connectivity index (χ4v) is 5.27. The summed E-state index contributed by atoms with van der Waals surface area (Å²) in [5, 5.41) is 0. The minimum absolute atomic E-state index is 0.0509. The molecule has 0 amide bonds. The number of nitrogens with zero attached hydrogens (tertiary/aromatic N) is 1. The average molecular weight is 437 g/mol. The van der Waals surface area contributed by atoms with Crippen LogP contribution in [0.4, 0.5) is 0 Å². The highest BCUT2D eigenvalue weighted by atomic mass is 16.5. The highest BCUT2D eigenvalue weighted by Crippen LogP contribution is 2.41. The Morgan fingerprint density at radius 1 is 0.647 bits per heavy atom. The zero-order chi connectivity index (χ0) is 22.6. The van der Waals surface area contributed by atoms with Crippen LogP contribution in [0.15, 0.2) is 103 Å². The Bertz CT molecular complexity index is 1580. The van der Waals surface area contributed by atoms with Crippen molar-refractivity contribution in [2.45, 2.75) is 6.92 Å². The van der Waals surface area contributed by atoms with Gasteiger partial charge in [0.1, 0.15) is 23.0 Å². The van der Waals surface area contributed by atoms with E-state index in [1.54, 1.807) is 0 Å². The van der Waals surface area contributed by atoms with Gasteiger partial charge in [0.05, 0.1) is 0 Å². The Labute approximate surface area is 198 Å². The standard InChI is InChI=1S/C30H20BNO2/c1-19-18-32-15-14-22(19)21-16-27-29-28(17-21)34-30-23(20-8-3-2-4-9-20)10-7-12-25(30)31(29)24-11-5-6-13-26(24)33-27/h2-18H,1H3. The molecule has 0 N–H and O–H groups in total. The van der Waals surface area contributed by atoms with Crippen LogP contribution < -0.4 is 25.9 Å². The van der Waals surface area contributed by atoms with Gasteiger partial charge in [0.25, 0.3) is 6.71 Å². The van der Waals surface area contributed by atoms with Gasteiger partial charge in [-0.15, -0.1) is 0 Å². The van der Waals surface area contributed by atoms with Crippen molar-refractivity contribution in [3.05, 3.63) is 109 Å². The normalized spacial score (nSPS) is 12.7. The van der Waals surface area contributed by atoms with Crippen LogP contribution in [0.1, 0.15) is 5.56 Å². The minimum atomic E-state index is 0.0509. The Kier molecular flexibility index (Phi) is 4.15. The zero-order valence-electron chi connectivity index (χ0n) is 18.7. The SMILES string of the molecule is Cc1cnccc1-c1cc2c3c(c1)Oc1c(cccc1-c1ccccc1)B3c1ccccc1O2. The number of para-hydroxylation sites is 2. The summed E-state index contributed by atoms with van der Waals surface area (Å²) in [4.78, 5) is 4.27. The fourth-order valence-electron chi connectivity index (χ4n) is 5.27. The van der Waals surface area contributed by atoms with Crippen LogP contribution in [-0.4, -0.2) is 11.7 Å². The fraction of sp³-hybridized carbons (Fsp3) is 0.0333. The Hall–Kier alpha value is -4.31. The number of aryl methyl sites for hydroxylation is 1. The molecule has 0 fully saturated rings. The van der Waals surface area contributed by atoms with Crippen molar-refractivity contribution in [1.29, 1.82) is 0 Å². The summed E-state index contributed by atoms with van der Waals surface area (Å²) in [5.74, 6) is 3.51. The van der Waals surface area contributed by atoms with Gasteiger partial charge in [-0.3, -0.25) is 4.98 Å². The van der Waals surface area contributed by atoms with E-state index in [9.17, 15) is 0 Å². The molecule has 5 aromatic rings. The second kappa shape index (κ2) is 7.36. The summed E-state index contributed by atoms with van der Waals surface area (Å²) in [6.07, 6.45) is 3.72. The average Bonchev–Trinajstić information content (AvgIpc) is 2.88. The van der Waals surface area contributed by atoms with Crippen LogP contribution in [0.2, 0.25) is 0 Å². The third kappa shape index (κ3) is 2.82. The second-order valence-electron chi connectivity index (χ2n) is 8.84. The molecule has 0 aliphatic carbocycles. The lowest BCUT2D eigenvalue weighted by Gasteiger charge is -2.34. The number of hydrogen-bond donors (Lipinski definition) is 0. The van der Waals surface area contributed by atoms with Crippen molar-refractivity contribution in [2.24, 2.45) is 0 Å². The summed E-state index contributed by atoms with van der Waals surface area (Å²) >= 11 is 0. The second-order valence-corrected chi connectivity index (χ2v) is 8.84. The van der Waals surface area contributed by atoms with Gasteiger partial charge in [0.15, 0.2) is 0 Å². The number of aromatic nitrogens is 1. The van der Waals surface area contributed by atoms with Crippen molar-refractivity contribution in [3.8, 4) is 45.3 Å². The van der Waals surface area contributed by atoms with Gasteiger partial charge in [0, 0.05) is 23.4 Å². The molecule has 34 heavy (non-hydrogen) atoms. The quantitative estimate of drug-likeness (QED) is 0.337. The van der Waals surface area contributed by atoms with E-state index in [1.165, 1.54) is 10.9 Å². The first-order valence-corrected chi connectivity index (χ1v) is 11.5. The molecule has 160 valence electrons. The molecule has 0 saturated carbocycles. The molecule has 0 saturated heterocycles. The number of fused-ring (bicyclic) bond motifs is 4. The first kappa shape index (κ1) is 19.2. The molecule has 0 radical (unpaired) electrons. The lowest BCUT2D eigenvalue weighted by molar-refractivity contribution is 0.465. The number of hydrogen-bond acceptors (Lipinski definition) is 3. The first-order chi connectivity index (χ1) is 16.8. The molecule has 0 bridgehead atoms. The van der Waals surface area contributed by atoms with E-state index in [2.05, 4.69) is 84.7 Å². The van der Waals surface area contributed by atoms with Gasteiger partial charge in [-0.2, -0.15) is 0 Å². The van der Waals surface area contributed by atoms with Gasteiger partial charge in [-0.25, -0.2) is 0 Å². The third-order valence-corrected chi connectivity index (χ3v) is 6.83. The molecule has 0 unspecified atom stereocenters. The lowest BCUT2D eigenvalue weighted by atomic mass is 9.34. The van der Waals surface area contributed by atoms with Crippen LogP contribution in [0, 0.1) is 6.92 Å².